The maximum Gasteiger partial charge on any atom is 0.286 e. The molecule has 3 heterocycles. The van der Waals surface area contributed by atoms with E-state index >= 15 is 0 Å². The van der Waals surface area contributed by atoms with Crippen LogP contribution in [0.3, 0.4) is 0 Å². The van der Waals surface area contributed by atoms with Gasteiger partial charge in [-0.25, -0.2) is 5.01 Å². The Morgan fingerprint density at radius 2 is 1.95 bits per heavy atom. The van der Waals surface area contributed by atoms with Crippen LogP contribution in [0.15, 0.2) is 63.6 Å². The number of nitrogens with zero attached hydrogens (tertiary/aromatic N) is 3. The van der Waals surface area contributed by atoms with Crippen molar-refractivity contribution in [2.24, 2.45) is 0 Å². The van der Waals surface area contributed by atoms with Crippen LogP contribution in [-0.2, 0) is 5.75 Å². The van der Waals surface area contributed by atoms with Crippen LogP contribution in [0.2, 0.25) is 0 Å². The Bertz CT molecular complexity index is 1230. The first-order chi connectivity index (χ1) is 17.9. The molecule has 1 amide bonds. The van der Waals surface area contributed by atoms with Crippen molar-refractivity contribution in [2.75, 3.05) is 18.8 Å². The van der Waals surface area contributed by atoms with Gasteiger partial charge in [0.15, 0.2) is 5.69 Å². The molecule has 0 aliphatic carbocycles. The van der Waals surface area contributed by atoms with Crippen molar-refractivity contribution in [1.82, 2.24) is 20.2 Å². The molecule has 37 heavy (non-hydrogen) atoms. The SMILES string of the molecule is C=CC/C=C(Cl)\C=C(\Cl)C(C)n1nc(C(=O)NN2CCCCC2)c2c1/C(=C/c1ccc(Br)cc1)CSC2. The van der Waals surface area contributed by atoms with Crippen molar-refractivity contribution < 1.29 is 4.79 Å². The molecule has 0 radical (unpaired) electrons. The summed E-state index contributed by atoms with van der Waals surface area (Å²) in [5.41, 5.74) is 7.65. The molecule has 0 bridgehead atoms. The fourth-order valence-electron chi connectivity index (χ4n) is 4.44. The van der Waals surface area contributed by atoms with Gasteiger partial charge < -0.3 is 0 Å². The number of benzene rings is 1. The van der Waals surface area contributed by atoms with Gasteiger partial charge in [-0.2, -0.15) is 16.9 Å². The molecule has 2 aliphatic rings. The third kappa shape index (κ3) is 7.21. The van der Waals surface area contributed by atoms with Crippen molar-refractivity contribution in [2.45, 2.75) is 44.4 Å². The quantitative estimate of drug-likeness (QED) is 0.240. The Labute approximate surface area is 241 Å². The highest BCUT2D eigenvalue weighted by Gasteiger charge is 2.31. The van der Waals surface area contributed by atoms with Gasteiger partial charge in [-0.1, -0.05) is 69.8 Å². The minimum absolute atomic E-state index is 0.168. The average molecular weight is 622 g/mol. The number of rotatable bonds is 8. The van der Waals surface area contributed by atoms with E-state index in [2.05, 4.69) is 46.1 Å². The van der Waals surface area contributed by atoms with Crippen LogP contribution < -0.4 is 5.43 Å². The van der Waals surface area contributed by atoms with Crippen LogP contribution in [0.1, 0.15) is 66.0 Å². The molecule has 1 fully saturated rings. The van der Waals surface area contributed by atoms with Crippen molar-refractivity contribution in [3.8, 4) is 0 Å². The second kappa shape index (κ2) is 13.3. The first-order valence-corrected chi connectivity index (χ1v) is 15.1. The van der Waals surface area contributed by atoms with Crippen LogP contribution in [0.4, 0.5) is 0 Å². The van der Waals surface area contributed by atoms with Gasteiger partial charge in [-0.05, 0) is 61.6 Å². The molecule has 196 valence electrons. The summed E-state index contributed by atoms with van der Waals surface area (Å²) in [6, 6.07) is 7.88. The van der Waals surface area contributed by atoms with Crippen LogP contribution in [0.25, 0.3) is 11.6 Å². The predicted octanol–water partition coefficient (Wildman–Crippen LogP) is 7.95. The Hall–Kier alpha value is -1.77. The number of allylic oxidation sites excluding steroid dienone is 5. The van der Waals surface area contributed by atoms with Crippen LogP contribution in [0.5, 0.6) is 0 Å². The summed E-state index contributed by atoms with van der Waals surface area (Å²) >= 11 is 18.4. The summed E-state index contributed by atoms with van der Waals surface area (Å²) in [5.74, 6) is 1.36. The lowest BCUT2D eigenvalue weighted by molar-refractivity contribution is 0.0743. The summed E-state index contributed by atoms with van der Waals surface area (Å²) in [6.45, 7) is 7.43. The van der Waals surface area contributed by atoms with E-state index in [-0.39, 0.29) is 11.9 Å². The van der Waals surface area contributed by atoms with Crippen LogP contribution in [0, 0.1) is 0 Å². The molecule has 1 saturated heterocycles. The summed E-state index contributed by atoms with van der Waals surface area (Å²) < 4.78 is 2.92. The molecular weight excluding hydrogens is 591 g/mol. The summed E-state index contributed by atoms with van der Waals surface area (Å²) in [7, 11) is 0. The predicted molar refractivity (Wildman–Crippen MR) is 161 cm³/mol. The number of carbonyl (C=O) groups is 1. The van der Waals surface area contributed by atoms with E-state index in [1.807, 2.05) is 34.8 Å². The zero-order chi connectivity index (χ0) is 26.4. The molecule has 2 aliphatic heterocycles. The number of aromatic nitrogens is 2. The molecule has 1 N–H and O–H groups in total. The van der Waals surface area contributed by atoms with Gasteiger partial charge >= 0.3 is 0 Å². The number of amides is 1. The molecule has 1 unspecified atom stereocenters. The van der Waals surface area contributed by atoms with E-state index in [9.17, 15) is 4.79 Å². The number of hydrazine groups is 1. The number of piperidine rings is 1. The van der Waals surface area contributed by atoms with E-state index in [0.29, 0.717) is 27.9 Å². The number of hydrogen-bond donors (Lipinski definition) is 1. The van der Waals surface area contributed by atoms with Gasteiger partial charge in [0.1, 0.15) is 0 Å². The van der Waals surface area contributed by atoms with Crippen molar-refractivity contribution in [3.05, 3.63) is 86.1 Å². The molecular formula is C28H31BrCl2N4OS. The van der Waals surface area contributed by atoms with Crippen molar-refractivity contribution in [1.29, 1.82) is 0 Å². The minimum Gasteiger partial charge on any atom is -0.283 e. The van der Waals surface area contributed by atoms with E-state index in [1.165, 1.54) is 6.42 Å². The monoisotopic (exact) mass is 620 g/mol. The molecule has 1 atom stereocenters. The van der Waals surface area contributed by atoms with Gasteiger partial charge in [-0.3, -0.25) is 14.9 Å². The standard InChI is InChI=1S/C28H31BrCl2N4OS/c1-3-4-8-23(30)16-25(31)19(2)35-27-21(15-20-9-11-22(29)12-10-20)17-37-18-24(27)26(32-35)28(36)33-34-13-6-5-7-14-34/h3,8-12,15-16,19H,1,4-7,13-14,17-18H2,2H3,(H,33,36)/b21-15+,23-8+,25-16+. The molecule has 2 aromatic rings. The van der Waals surface area contributed by atoms with Gasteiger partial charge in [0.25, 0.3) is 5.91 Å². The van der Waals surface area contributed by atoms with E-state index in [0.717, 1.165) is 58.6 Å². The fraction of sp³-hybridized carbons (Fsp3) is 0.357. The first kappa shape index (κ1) is 28.2. The number of thioether (sulfide) groups is 1. The maximum atomic E-state index is 13.4. The van der Waals surface area contributed by atoms with Gasteiger partial charge in [-0.15, -0.1) is 6.58 Å². The lowest BCUT2D eigenvalue weighted by Crippen LogP contribution is -2.45. The zero-order valence-corrected chi connectivity index (χ0v) is 24.8. The highest BCUT2D eigenvalue weighted by Crippen LogP contribution is 2.39. The van der Waals surface area contributed by atoms with Crippen molar-refractivity contribution in [3.63, 3.8) is 0 Å². The number of fused-ring (bicyclic) bond motifs is 1. The van der Waals surface area contributed by atoms with E-state index < -0.39 is 0 Å². The number of carbonyl (C=O) groups excluding carboxylic acids is 1. The lowest BCUT2D eigenvalue weighted by Gasteiger charge is -2.26. The topological polar surface area (TPSA) is 50.2 Å². The average Bonchev–Trinajstić information content (AvgIpc) is 3.30. The largest absolute Gasteiger partial charge is 0.286 e. The molecule has 1 aromatic carbocycles. The highest BCUT2D eigenvalue weighted by atomic mass is 79.9. The Morgan fingerprint density at radius 3 is 2.65 bits per heavy atom. The number of hydrogen-bond acceptors (Lipinski definition) is 4. The summed E-state index contributed by atoms with van der Waals surface area (Å²) in [4.78, 5) is 13.4. The number of halogens is 3. The van der Waals surface area contributed by atoms with E-state index in [4.69, 9.17) is 28.3 Å². The third-order valence-corrected chi connectivity index (χ3v) is 8.60. The number of nitrogens with one attached hydrogen (secondary N) is 1. The molecule has 0 saturated carbocycles. The zero-order valence-electron chi connectivity index (χ0n) is 20.9. The normalized spacial score (nSPS) is 19.0. The summed E-state index contributed by atoms with van der Waals surface area (Å²) in [5, 5.41) is 7.96. The molecule has 9 heteroatoms. The van der Waals surface area contributed by atoms with Crippen molar-refractivity contribution >= 4 is 68.5 Å². The maximum absolute atomic E-state index is 13.4. The Balaban J connectivity index is 1.75. The third-order valence-electron chi connectivity index (χ3n) is 6.38. The highest BCUT2D eigenvalue weighted by molar-refractivity contribution is 9.10. The fourth-order valence-corrected chi connectivity index (χ4v) is 6.19. The molecule has 0 spiro atoms. The lowest BCUT2D eigenvalue weighted by atomic mass is 10.0. The smallest absolute Gasteiger partial charge is 0.283 e. The van der Waals surface area contributed by atoms with Gasteiger partial charge in [0.05, 0.1) is 11.7 Å². The van der Waals surface area contributed by atoms with Crippen LogP contribution in [-0.4, -0.2) is 39.5 Å². The van der Waals surface area contributed by atoms with Crippen LogP contribution >= 0.6 is 50.9 Å². The van der Waals surface area contributed by atoms with E-state index in [1.54, 1.807) is 23.9 Å². The second-order valence-corrected chi connectivity index (χ2v) is 11.9. The Kier molecular flexibility index (Phi) is 10.2. The molecule has 5 nitrogen and oxygen atoms in total. The summed E-state index contributed by atoms with van der Waals surface area (Å²) in [6.07, 6.45) is 11.6. The molecule has 1 aromatic heterocycles. The first-order valence-electron chi connectivity index (χ1n) is 12.4. The second-order valence-electron chi connectivity index (χ2n) is 9.14. The Morgan fingerprint density at radius 1 is 1.22 bits per heavy atom. The van der Waals surface area contributed by atoms with Gasteiger partial charge in [0.2, 0.25) is 0 Å². The molecule has 4 rings (SSSR count). The van der Waals surface area contributed by atoms with Gasteiger partial charge in [0, 0.05) is 44.7 Å². The minimum atomic E-state index is -0.311.